The molecule has 116 valence electrons. The van der Waals surface area contributed by atoms with Gasteiger partial charge in [0.2, 0.25) is 0 Å². The number of carbonyl (C=O) groups is 1. The first-order chi connectivity index (χ1) is 9.99. The topological polar surface area (TPSA) is 76.0 Å². The van der Waals surface area contributed by atoms with E-state index in [2.05, 4.69) is 0 Å². The Balaban J connectivity index is 2.32. The standard InChI is InChI=1S/C16H22O5/c1-3-7-16(19,15(17)18)11(2)12-5-6-13-14(10-12)21-9-4-8-20-13/h5-6,10-11,19H,3-4,7-9H2,1-2H3,(H,17,18). The predicted molar refractivity (Wildman–Crippen MR) is 78.0 cm³/mol. The van der Waals surface area contributed by atoms with Crippen molar-refractivity contribution >= 4 is 5.97 Å². The van der Waals surface area contributed by atoms with Gasteiger partial charge in [0.05, 0.1) is 13.2 Å². The molecule has 5 heteroatoms. The molecule has 0 fully saturated rings. The smallest absolute Gasteiger partial charge is 0.336 e. The molecule has 1 heterocycles. The summed E-state index contributed by atoms with van der Waals surface area (Å²) in [5.74, 6) is -0.449. The van der Waals surface area contributed by atoms with Crippen molar-refractivity contribution in [3.63, 3.8) is 0 Å². The maximum Gasteiger partial charge on any atom is 0.336 e. The summed E-state index contributed by atoms with van der Waals surface area (Å²) >= 11 is 0. The van der Waals surface area contributed by atoms with Crippen LogP contribution < -0.4 is 9.47 Å². The Labute approximate surface area is 124 Å². The molecular weight excluding hydrogens is 272 g/mol. The maximum atomic E-state index is 11.5. The van der Waals surface area contributed by atoms with Crippen molar-refractivity contribution in [2.24, 2.45) is 0 Å². The summed E-state index contributed by atoms with van der Waals surface area (Å²) in [6.07, 6.45) is 1.62. The second-order valence-corrected chi connectivity index (χ2v) is 5.46. The van der Waals surface area contributed by atoms with Crippen LogP contribution in [0.3, 0.4) is 0 Å². The van der Waals surface area contributed by atoms with Crippen LogP contribution in [0.25, 0.3) is 0 Å². The molecule has 2 rings (SSSR count). The van der Waals surface area contributed by atoms with Crippen molar-refractivity contribution in [3.8, 4) is 11.5 Å². The van der Waals surface area contributed by atoms with E-state index in [1.807, 2.05) is 6.92 Å². The molecule has 2 unspecified atom stereocenters. The Morgan fingerprint density at radius 3 is 2.62 bits per heavy atom. The van der Waals surface area contributed by atoms with Crippen molar-refractivity contribution in [1.82, 2.24) is 0 Å². The molecule has 1 aromatic rings. The minimum absolute atomic E-state index is 0.206. The van der Waals surface area contributed by atoms with Gasteiger partial charge < -0.3 is 19.7 Å². The van der Waals surface area contributed by atoms with Crippen molar-refractivity contribution in [2.45, 2.75) is 44.6 Å². The SMILES string of the molecule is CCCC(O)(C(=O)O)C(C)c1ccc2c(c1)OCCCO2. The molecule has 0 aromatic heterocycles. The van der Waals surface area contributed by atoms with Gasteiger partial charge in [0.25, 0.3) is 0 Å². The second kappa shape index (κ2) is 6.35. The third-order valence-corrected chi connectivity index (χ3v) is 3.99. The molecule has 0 radical (unpaired) electrons. The zero-order chi connectivity index (χ0) is 15.5. The number of rotatable bonds is 5. The first kappa shape index (κ1) is 15.6. The van der Waals surface area contributed by atoms with E-state index in [1.165, 1.54) is 0 Å². The molecule has 1 aliphatic heterocycles. The molecule has 1 aromatic carbocycles. The highest BCUT2D eigenvalue weighted by atomic mass is 16.5. The van der Waals surface area contributed by atoms with E-state index in [9.17, 15) is 15.0 Å². The van der Waals surface area contributed by atoms with E-state index < -0.39 is 17.5 Å². The van der Waals surface area contributed by atoms with Crippen LogP contribution in [0.4, 0.5) is 0 Å². The lowest BCUT2D eigenvalue weighted by atomic mass is 9.80. The quantitative estimate of drug-likeness (QED) is 0.873. The third-order valence-electron chi connectivity index (χ3n) is 3.99. The monoisotopic (exact) mass is 294 g/mol. The fraction of sp³-hybridized carbons (Fsp3) is 0.562. The van der Waals surface area contributed by atoms with Crippen LogP contribution in [0.2, 0.25) is 0 Å². The van der Waals surface area contributed by atoms with Gasteiger partial charge in [-0.3, -0.25) is 0 Å². The molecule has 0 amide bonds. The first-order valence-electron chi connectivity index (χ1n) is 7.34. The van der Waals surface area contributed by atoms with Gasteiger partial charge >= 0.3 is 5.97 Å². The normalized spacial score (nSPS) is 18.4. The number of benzene rings is 1. The number of carboxylic acids is 1. The van der Waals surface area contributed by atoms with Gasteiger partial charge in [-0.2, -0.15) is 0 Å². The van der Waals surface area contributed by atoms with Crippen LogP contribution in [0.1, 0.15) is 44.6 Å². The van der Waals surface area contributed by atoms with Crippen molar-refractivity contribution in [2.75, 3.05) is 13.2 Å². The summed E-state index contributed by atoms with van der Waals surface area (Å²) in [5, 5.41) is 19.9. The summed E-state index contributed by atoms with van der Waals surface area (Å²) in [6.45, 7) is 4.76. The molecule has 0 spiro atoms. The number of aliphatic carboxylic acids is 1. The zero-order valence-corrected chi connectivity index (χ0v) is 12.5. The molecular formula is C16H22O5. The number of hydrogen-bond acceptors (Lipinski definition) is 4. The van der Waals surface area contributed by atoms with E-state index >= 15 is 0 Å². The van der Waals surface area contributed by atoms with E-state index in [0.717, 1.165) is 12.0 Å². The van der Waals surface area contributed by atoms with E-state index in [1.54, 1.807) is 25.1 Å². The van der Waals surface area contributed by atoms with Gasteiger partial charge in [-0.15, -0.1) is 0 Å². The Kier molecular flexibility index (Phi) is 4.73. The largest absolute Gasteiger partial charge is 0.490 e. The second-order valence-electron chi connectivity index (χ2n) is 5.46. The number of carboxylic acid groups (broad SMARTS) is 1. The van der Waals surface area contributed by atoms with Crippen LogP contribution >= 0.6 is 0 Å². The summed E-state index contributed by atoms with van der Waals surface area (Å²) < 4.78 is 11.2. The lowest BCUT2D eigenvalue weighted by molar-refractivity contribution is -0.161. The molecule has 0 saturated heterocycles. The van der Waals surface area contributed by atoms with E-state index in [-0.39, 0.29) is 6.42 Å². The molecule has 21 heavy (non-hydrogen) atoms. The molecule has 0 saturated carbocycles. The zero-order valence-electron chi connectivity index (χ0n) is 12.5. The molecule has 5 nitrogen and oxygen atoms in total. The van der Waals surface area contributed by atoms with Crippen LogP contribution in [0.15, 0.2) is 18.2 Å². The fourth-order valence-electron chi connectivity index (χ4n) is 2.61. The minimum atomic E-state index is -1.77. The summed E-state index contributed by atoms with van der Waals surface area (Å²) in [6, 6.07) is 5.34. The minimum Gasteiger partial charge on any atom is -0.490 e. The molecule has 2 N–H and O–H groups in total. The maximum absolute atomic E-state index is 11.5. The fourth-order valence-corrected chi connectivity index (χ4v) is 2.61. The Morgan fingerprint density at radius 2 is 2.00 bits per heavy atom. The van der Waals surface area contributed by atoms with Gasteiger partial charge in [-0.25, -0.2) is 4.79 Å². The number of fused-ring (bicyclic) bond motifs is 1. The highest BCUT2D eigenvalue weighted by Crippen LogP contribution is 2.37. The van der Waals surface area contributed by atoms with Gasteiger partial charge in [0, 0.05) is 12.3 Å². The molecule has 1 aliphatic rings. The number of ether oxygens (including phenoxy) is 2. The van der Waals surface area contributed by atoms with Crippen molar-refractivity contribution < 1.29 is 24.5 Å². The van der Waals surface area contributed by atoms with Crippen LogP contribution in [-0.2, 0) is 4.79 Å². The summed E-state index contributed by atoms with van der Waals surface area (Å²) in [4.78, 5) is 11.5. The van der Waals surface area contributed by atoms with Gasteiger partial charge in [-0.1, -0.05) is 26.3 Å². The lowest BCUT2D eigenvalue weighted by Gasteiger charge is -2.30. The molecule has 0 bridgehead atoms. The van der Waals surface area contributed by atoms with Gasteiger partial charge in [0.15, 0.2) is 17.1 Å². The predicted octanol–water partition coefficient (Wildman–Crippen LogP) is 2.57. The third kappa shape index (κ3) is 3.13. The number of hydrogen-bond donors (Lipinski definition) is 2. The number of aliphatic hydroxyl groups is 1. The van der Waals surface area contributed by atoms with Crippen LogP contribution in [0, 0.1) is 0 Å². The Hall–Kier alpha value is -1.75. The van der Waals surface area contributed by atoms with E-state index in [0.29, 0.717) is 31.1 Å². The van der Waals surface area contributed by atoms with Crippen LogP contribution in [0.5, 0.6) is 11.5 Å². The van der Waals surface area contributed by atoms with E-state index in [4.69, 9.17) is 9.47 Å². The molecule has 2 atom stereocenters. The van der Waals surface area contributed by atoms with Crippen molar-refractivity contribution in [1.29, 1.82) is 0 Å². The Morgan fingerprint density at radius 1 is 1.33 bits per heavy atom. The van der Waals surface area contributed by atoms with Gasteiger partial charge in [0.1, 0.15) is 0 Å². The summed E-state index contributed by atoms with van der Waals surface area (Å²) in [7, 11) is 0. The highest BCUT2D eigenvalue weighted by molar-refractivity contribution is 5.78. The highest BCUT2D eigenvalue weighted by Gasteiger charge is 2.41. The summed E-state index contributed by atoms with van der Waals surface area (Å²) in [5.41, 5.74) is -1.04. The average Bonchev–Trinajstić information content (AvgIpc) is 2.70. The lowest BCUT2D eigenvalue weighted by Crippen LogP contribution is -2.43. The molecule has 0 aliphatic carbocycles. The van der Waals surface area contributed by atoms with Gasteiger partial charge in [-0.05, 0) is 24.1 Å². The average molecular weight is 294 g/mol. The first-order valence-corrected chi connectivity index (χ1v) is 7.34. The Bertz CT molecular complexity index is 513. The van der Waals surface area contributed by atoms with Crippen molar-refractivity contribution in [3.05, 3.63) is 23.8 Å². The van der Waals surface area contributed by atoms with Crippen LogP contribution in [-0.4, -0.2) is 35.0 Å².